The van der Waals surface area contributed by atoms with Crippen LogP contribution in [0.15, 0.2) is 29.3 Å². The fourth-order valence-electron chi connectivity index (χ4n) is 3.05. The number of amides is 1. The summed E-state index contributed by atoms with van der Waals surface area (Å²) in [6.45, 7) is 4.20. The summed E-state index contributed by atoms with van der Waals surface area (Å²) in [5, 5.41) is 3.03. The molecule has 1 aliphatic rings. The van der Waals surface area contributed by atoms with Crippen molar-refractivity contribution in [3.05, 3.63) is 39.9 Å². The molecule has 6 nitrogen and oxygen atoms in total. The van der Waals surface area contributed by atoms with Crippen LogP contribution in [-0.2, 0) is 10.0 Å². The molecule has 9 heteroatoms. The minimum Gasteiger partial charge on any atom is -0.298 e. The van der Waals surface area contributed by atoms with Crippen molar-refractivity contribution in [2.75, 3.05) is 11.9 Å². The van der Waals surface area contributed by atoms with Crippen molar-refractivity contribution in [2.45, 2.75) is 44.0 Å². The standard InChI is InChI=1S/C17H20ClN3O3S2/c1-11-6-7-13(26(23,24)21-8-4-3-5-12(21)2)9-14(11)16(22)20-17-19-10-15(18)25-17/h6-7,9-10,12H,3-5,8H2,1-2H3,(H,19,20,22)/t12-/m0/s1. The molecule has 2 aromatic rings. The number of hydrogen-bond acceptors (Lipinski definition) is 5. The van der Waals surface area contributed by atoms with Crippen LogP contribution in [0.1, 0.15) is 42.1 Å². The summed E-state index contributed by atoms with van der Waals surface area (Å²) < 4.78 is 28.0. The van der Waals surface area contributed by atoms with Crippen LogP contribution in [0.2, 0.25) is 4.34 Å². The molecule has 0 unspecified atom stereocenters. The monoisotopic (exact) mass is 413 g/mol. The van der Waals surface area contributed by atoms with Crippen molar-refractivity contribution in [3.63, 3.8) is 0 Å². The molecule has 1 atom stereocenters. The molecule has 140 valence electrons. The Labute approximate surface area is 162 Å². The molecule has 1 aromatic heterocycles. The number of sulfonamides is 1. The van der Waals surface area contributed by atoms with E-state index in [-0.39, 0.29) is 10.9 Å². The van der Waals surface area contributed by atoms with Gasteiger partial charge in [0, 0.05) is 18.2 Å². The van der Waals surface area contributed by atoms with Gasteiger partial charge < -0.3 is 0 Å². The second-order valence-electron chi connectivity index (χ2n) is 6.36. The second-order valence-corrected chi connectivity index (χ2v) is 9.91. The smallest absolute Gasteiger partial charge is 0.257 e. The van der Waals surface area contributed by atoms with Gasteiger partial charge in [-0.1, -0.05) is 35.4 Å². The largest absolute Gasteiger partial charge is 0.298 e. The van der Waals surface area contributed by atoms with Crippen molar-refractivity contribution in [1.29, 1.82) is 0 Å². The average molecular weight is 414 g/mol. The van der Waals surface area contributed by atoms with Gasteiger partial charge in [-0.15, -0.1) is 0 Å². The van der Waals surface area contributed by atoms with Gasteiger partial charge in [0.05, 0.1) is 11.1 Å². The summed E-state index contributed by atoms with van der Waals surface area (Å²) in [5.41, 5.74) is 0.998. The molecule has 0 spiro atoms. The quantitative estimate of drug-likeness (QED) is 0.823. The third kappa shape index (κ3) is 3.93. The van der Waals surface area contributed by atoms with Gasteiger partial charge in [-0.2, -0.15) is 4.31 Å². The number of carbonyl (C=O) groups is 1. The first-order valence-electron chi connectivity index (χ1n) is 8.34. The van der Waals surface area contributed by atoms with E-state index in [1.807, 2.05) is 6.92 Å². The van der Waals surface area contributed by atoms with Crippen molar-refractivity contribution < 1.29 is 13.2 Å². The highest BCUT2D eigenvalue weighted by Gasteiger charge is 2.31. The van der Waals surface area contributed by atoms with Crippen LogP contribution in [0.25, 0.3) is 0 Å². The summed E-state index contributed by atoms with van der Waals surface area (Å²) in [6, 6.07) is 4.62. The van der Waals surface area contributed by atoms with Crippen molar-refractivity contribution in [1.82, 2.24) is 9.29 Å². The Kier molecular flexibility index (Phi) is 5.67. The molecule has 0 saturated carbocycles. The maximum Gasteiger partial charge on any atom is 0.257 e. The first kappa shape index (κ1) is 19.3. The topological polar surface area (TPSA) is 79.4 Å². The number of hydrogen-bond donors (Lipinski definition) is 1. The van der Waals surface area contributed by atoms with Crippen molar-refractivity contribution >= 4 is 44.0 Å². The van der Waals surface area contributed by atoms with Crippen molar-refractivity contribution in [2.24, 2.45) is 0 Å². The Hall–Kier alpha value is -1.48. The highest BCUT2D eigenvalue weighted by atomic mass is 35.5. The van der Waals surface area contributed by atoms with E-state index in [0.717, 1.165) is 30.6 Å². The van der Waals surface area contributed by atoms with E-state index in [0.29, 0.717) is 27.1 Å². The Morgan fingerprint density at radius 2 is 2.15 bits per heavy atom. The third-order valence-electron chi connectivity index (χ3n) is 4.50. The number of nitrogens with zero attached hydrogens (tertiary/aromatic N) is 2. The van der Waals surface area contributed by atoms with Gasteiger partial charge in [0.15, 0.2) is 5.13 Å². The lowest BCUT2D eigenvalue weighted by atomic mass is 10.1. The lowest BCUT2D eigenvalue weighted by Gasteiger charge is -2.32. The molecular formula is C17H20ClN3O3S2. The predicted octanol–water partition coefficient (Wildman–Crippen LogP) is 3.92. The van der Waals surface area contributed by atoms with Crippen molar-refractivity contribution in [3.8, 4) is 0 Å². The molecule has 1 fully saturated rings. The van der Waals surface area contributed by atoms with Gasteiger partial charge in [0.25, 0.3) is 5.91 Å². The van der Waals surface area contributed by atoms with Crippen LogP contribution in [0, 0.1) is 6.92 Å². The molecular weight excluding hydrogens is 394 g/mol. The molecule has 2 heterocycles. The van der Waals surface area contributed by atoms with E-state index in [9.17, 15) is 13.2 Å². The van der Waals surface area contributed by atoms with Gasteiger partial charge in [-0.05, 0) is 44.4 Å². The first-order valence-corrected chi connectivity index (χ1v) is 11.0. The zero-order valence-electron chi connectivity index (χ0n) is 14.5. The maximum atomic E-state index is 13.0. The normalized spacial score (nSPS) is 18.7. The molecule has 1 N–H and O–H groups in total. The summed E-state index contributed by atoms with van der Waals surface area (Å²) in [4.78, 5) is 16.7. The van der Waals surface area contributed by atoms with Gasteiger partial charge in [0.1, 0.15) is 4.34 Å². The number of piperidine rings is 1. The zero-order chi connectivity index (χ0) is 18.9. The lowest BCUT2D eigenvalue weighted by Crippen LogP contribution is -2.42. The van der Waals surface area contributed by atoms with E-state index in [2.05, 4.69) is 10.3 Å². The van der Waals surface area contributed by atoms with Gasteiger partial charge in [-0.3, -0.25) is 10.1 Å². The number of nitrogens with one attached hydrogen (secondary N) is 1. The van der Waals surface area contributed by atoms with Gasteiger partial charge in [-0.25, -0.2) is 13.4 Å². The number of carbonyl (C=O) groups excluding carboxylic acids is 1. The zero-order valence-corrected chi connectivity index (χ0v) is 16.9. The molecule has 0 aliphatic carbocycles. The van der Waals surface area contributed by atoms with Crippen LogP contribution >= 0.6 is 22.9 Å². The fourth-order valence-corrected chi connectivity index (χ4v) is 5.58. The number of anilines is 1. The van der Waals surface area contributed by atoms with Gasteiger partial charge >= 0.3 is 0 Å². The predicted molar refractivity (Wildman–Crippen MR) is 103 cm³/mol. The molecule has 3 rings (SSSR count). The van der Waals surface area contributed by atoms with Crippen LogP contribution in [0.3, 0.4) is 0 Å². The Balaban J connectivity index is 1.90. The molecule has 1 aromatic carbocycles. The number of halogens is 1. The van der Waals surface area contributed by atoms with Gasteiger partial charge in [0.2, 0.25) is 10.0 Å². The van der Waals surface area contributed by atoms with Crippen LogP contribution in [0.5, 0.6) is 0 Å². The highest BCUT2D eigenvalue weighted by Crippen LogP contribution is 2.27. The molecule has 1 aliphatic heterocycles. The second kappa shape index (κ2) is 7.64. The molecule has 0 radical (unpaired) electrons. The number of rotatable bonds is 4. The third-order valence-corrected chi connectivity index (χ3v) is 7.54. The minimum absolute atomic E-state index is 0.0372. The first-order chi connectivity index (χ1) is 12.3. The highest BCUT2D eigenvalue weighted by molar-refractivity contribution is 7.89. The Bertz CT molecular complexity index is 927. The van der Waals surface area contributed by atoms with E-state index in [1.165, 1.54) is 16.6 Å². The van der Waals surface area contributed by atoms with E-state index in [1.54, 1.807) is 19.1 Å². The van der Waals surface area contributed by atoms with Crippen LogP contribution < -0.4 is 5.32 Å². The summed E-state index contributed by atoms with van der Waals surface area (Å²) in [7, 11) is -3.63. The number of benzene rings is 1. The van der Waals surface area contributed by atoms with E-state index >= 15 is 0 Å². The molecule has 1 amide bonds. The SMILES string of the molecule is Cc1ccc(S(=O)(=O)N2CCCC[C@@H]2C)cc1C(=O)Nc1ncc(Cl)s1. The molecule has 1 saturated heterocycles. The number of aromatic nitrogens is 1. The maximum absolute atomic E-state index is 13.0. The van der Waals surface area contributed by atoms with E-state index < -0.39 is 15.9 Å². The summed E-state index contributed by atoms with van der Waals surface area (Å²) in [6.07, 6.45) is 4.19. The van der Waals surface area contributed by atoms with Crippen LogP contribution in [0.4, 0.5) is 5.13 Å². The Morgan fingerprint density at radius 3 is 2.81 bits per heavy atom. The summed E-state index contributed by atoms with van der Waals surface area (Å²) >= 11 is 6.97. The van der Waals surface area contributed by atoms with Crippen LogP contribution in [-0.4, -0.2) is 36.2 Å². The molecule has 26 heavy (non-hydrogen) atoms. The average Bonchev–Trinajstić information content (AvgIpc) is 3.00. The Morgan fingerprint density at radius 1 is 1.38 bits per heavy atom. The number of aryl methyl sites for hydroxylation is 1. The summed E-state index contributed by atoms with van der Waals surface area (Å²) in [5.74, 6) is -0.405. The van der Waals surface area contributed by atoms with E-state index in [4.69, 9.17) is 11.6 Å². The minimum atomic E-state index is -3.63. The molecule has 0 bridgehead atoms. The fraction of sp³-hybridized carbons (Fsp3) is 0.412. The lowest BCUT2D eigenvalue weighted by molar-refractivity contribution is 0.102. The number of thiazole rings is 1.